The van der Waals surface area contributed by atoms with Crippen molar-refractivity contribution in [3.63, 3.8) is 0 Å². The van der Waals surface area contributed by atoms with Crippen LogP contribution < -0.4 is 4.90 Å². The van der Waals surface area contributed by atoms with Crippen molar-refractivity contribution in [2.45, 2.75) is 45.4 Å². The summed E-state index contributed by atoms with van der Waals surface area (Å²) in [7, 11) is 0. The van der Waals surface area contributed by atoms with E-state index in [0.717, 1.165) is 6.08 Å². The van der Waals surface area contributed by atoms with Crippen molar-refractivity contribution in [3.8, 4) is 0 Å². The summed E-state index contributed by atoms with van der Waals surface area (Å²) in [5.41, 5.74) is 0.544. The number of ether oxygens (including phenoxy) is 1. The SMILES string of the molecule is CC(C)(C)OC(=O)N(c1ccc(/C=C/C(=O)O)cn1)[C@@H]1CCN(Cc2ccccc2F)C1. The second-order valence-electron chi connectivity index (χ2n) is 8.74. The second kappa shape index (κ2) is 9.91. The Bertz CT molecular complexity index is 985. The molecule has 1 amide bonds. The molecule has 1 atom stereocenters. The van der Waals surface area contributed by atoms with Crippen LogP contribution in [-0.4, -0.2) is 51.8 Å². The highest BCUT2D eigenvalue weighted by molar-refractivity contribution is 5.88. The maximum absolute atomic E-state index is 14.1. The van der Waals surface area contributed by atoms with Crippen LogP contribution in [0.2, 0.25) is 0 Å². The Kier molecular flexibility index (Phi) is 7.25. The molecule has 3 rings (SSSR count). The number of benzene rings is 1. The number of anilines is 1. The average Bonchev–Trinajstić information content (AvgIpc) is 3.16. The van der Waals surface area contributed by atoms with Gasteiger partial charge in [-0.05, 0) is 57.0 Å². The summed E-state index contributed by atoms with van der Waals surface area (Å²) in [5.74, 6) is -0.874. The number of carbonyl (C=O) groups excluding carboxylic acids is 1. The molecule has 2 aromatic rings. The lowest BCUT2D eigenvalue weighted by molar-refractivity contribution is -0.131. The van der Waals surface area contributed by atoms with Crippen LogP contribution in [0.4, 0.5) is 15.0 Å². The Labute approximate surface area is 187 Å². The molecular formula is C24H28FN3O4. The number of rotatable bonds is 6. The summed E-state index contributed by atoms with van der Waals surface area (Å²) in [5, 5.41) is 8.79. The Morgan fingerprint density at radius 2 is 2.03 bits per heavy atom. The topological polar surface area (TPSA) is 83.0 Å². The lowest BCUT2D eigenvalue weighted by Crippen LogP contribution is -2.45. The van der Waals surface area contributed by atoms with E-state index in [1.165, 1.54) is 23.2 Å². The van der Waals surface area contributed by atoms with Crippen LogP contribution in [0.1, 0.15) is 38.3 Å². The summed E-state index contributed by atoms with van der Waals surface area (Å²) in [6.45, 7) is 7.12. The average molecular weight is 442 g/mol. The third-order valence-corrected chi connectivity index (χ3v) is 4.99. The molecule has 0 spiro atoms. The molecule has 1 aromatic carbocycles. The van der Waals surface area contributed by atoms with Crippen LogP contribution in [0.3, 0.4) is 0 Å². The molecule has 8 heteroatoms. The highest BCUT2D eigenvalue weighted by Crippen LogP contribution is 2.26. The van der Waals surface area contributed by atoms with Gasteiger partial charge in [0.15, 0.2) is 0 Å². The number of aliphatic carboxylic acids is 1. The highest BCUT2D eigenvalue weighted by Gasteiger charge is 2.35. The molecule has 2 heterocycles. The maximum Gasteiger partial charge on any atom is 0.416 e. The van der Waals surface area contributed by atoms with Gasteiger partial charge in [-0.3, -0.25) is 9.80 Å². The van der Waals surface area contributed by atoms with Gasteiger partial charge >= 0.3 is 12.1 Å². The highest BCUT2D eigenvalue weighted by atomic mass is 19.1. The van der Waals surface area contributed by atoms with Gasteiger partial charge in [-0.15, -0.1) is 0 Å². The van der Waals surface area contributed by atoms with E-state index >= 15 is 0 Å². The zero-order valence-electron chi connectivity index (χ0n) is 18.5. The van der Waals surface area contributed by atoms with Gasteiger partial charge in [0.1, 0.15) is 17.2 Å². The monoisotopic (exact) mass is 441 g/mol. The van der Waals surface area contributed by atoms with Crippen molar-refractivity contribution in [1.29, 1.82) is 0 Å². The van der Waals surface area contributed by atoms with Crippen LogP contribution in [0.25, 0.3) is 6.08 Å². The number of likely N-dealkylation sites (tertiary alicyclic amines) is 1. The van der Waals surface area contributed by atoms with Gasteiger partial charge in [-0.1, -0.05) is 18.2 Å². The van der Waals surface area contributed by atoms with Crippen molar-refractivity contribution in [2.24, 2.45) is 0 Å². The molecule has 0 radical (unpaired) electrons. The third kappa shape index (κ3) is 6.37. The number of nitrogens with zero attached hydrogens (tertiary/aromatic N) is 3. The molecule has 0 aliphatic carbocycles. The molecule has 1 saturated heterocycles. The summed E-state index contributed by atoms with van der Waals surface area (Å²) in [6, 6.07) is 9.86. The smallest absolute Gasteiger partial charge is 0.416 e. The van der Waals surface area contributed by atoms with Crippen molar-refractivity contribution < 1.29 is 23.8 Å². The minimum atomic E-state index is -1.05. The van der Waals surface area contributed by atoms with Crippen molar-refractivity contribution in [3.05, 3.63) is 65.6 Å². The van der Waals surface area contributed by atoms with E-state index in [4.69, 9.17) is 9.84 Å². The summed E-state index contributed by atoms with van der Waals surface area (Å²) in [6.07, 6.45) is 4.16. The Morgan fingerprint density at radius 1 is 1.28 bits per heavy atom. The molecule has 7 nitrogen and oxygen atoms in total. The predicted octanol–water partition coefficient (Wildman–Crippen LogP) is 4.33. The Hall–Kier alpha value is -3.26. The van der Waals surface area contributed by atoms with Crippen LogP contribution >= 0.6 is 0 Å². The molecule has 170 valence electrons. The quantitative estimate of drug-likeness (QED) is 0.672. The Balaban J connectivity index is 1.80. The number of carboxylic acid groups (broad SMARTS) is 1. The first-order chi connectivity index (χ1) is 15.1. The van der Waals surface area contributed by atoms with Crippen LogP contribution in [0, 0.1) is 5.82 Å². The predicted molar refractivity (Wildman–Crippen MR) is 120 cm³/mol. The number of pyridine rings is 1. The molecule has 0 unspecified atom stereocenters. The van der Waals surface area contributed by atoms with E-state index in [1.807, 2.05) is 6.07 Å². The minimum absolute atomic E-state index is 0.190. The molecule has 0 saturated carbocycles. The molecule has 1 aliphatic rings. The largest absolute Gasteiger partial charge is 0.478 e. The number of amides is 1. The second-order valence-corrected chi connectivity index (χ2v) is 8.74. The molecule has 1 aliphatic heterocycles. The van der Waals surface area contributed by atoms with Crippen molar-refractivity contribution >= 4 is 24.0 Å². The van der Waals surface area contributed by atoms with Gasteiger partial charge in [-0.2, -0.15) is 0 Å². The lowest BCUT2D eigenvalue weighted by atomic mass is 10.2. The van der Waals surface area contributed by atoms with Crippen molar-refractivity contribution in [2.75, 3.05) is 18.0 Å². The third-order valence-electron chi connectivity index (χ3n) is 4.99. The number of hydrogen-bond donors (Lipinski definition) is 1. The molecule has 1 N–H and O–H groups in total. The van der Waals surface area contributed by atoms with E-state index in [9.17, 15) is 14.0 Å². The molecule has 1 aromatic heterocycles. The van der Waals surface area contributed by atoms with Gasteiger partial charge in [0.25, 0.3) is 0 Å². The summed E-state index contributed by atoms with van der Waals surface area (Å²) < 4.78 is 19.7. The molecule has 1 fully saturated rings. The minimum Gasteiger partial charge on any atom is -0.478 e. The standard InChI is InChI=1S/C24H28FN3O4/c1-24(2,3)32-23(31)28(21-10-8-17(14-26-21)9-11-22(29)30)19-12-13-27(16-19)15-18-6-4-5-7-20(18)25/h4-11,14,19H,12-13,15-16H2,1-3H3,(H,29,30)/b11-9+/t19-/m1/s1. The lowest BCUT2D eigenvalue weighted by Gasteiger charge is -2.31. The number of hydrogen-bond acceptors (Lipinski definition) is 5. The van der Waals surface area contributed by atoms with Gasteiger partial charge < -0.3 is 9.84 Å². The fourth-order valence-corrected chi connectivity index (χ4v) is 3.58. The first kappa shape index (κ1) is 23.4. The fraction of sp³-hybridized carbons (Fsp3) is 0.375. The zero-order chi connectivity index (χ0) is 23.3. The van der Waals surface area contributed by atoms with Crippen molar-refractivity contribution in [1.82, 2.24) is 9.88 Å². The van der Waals surface area contributed by atoms with E-state index in [1.54, 1.807) is 45.0 Å². The van der Waals surface area contributed by atoms with E-state index in [0.29, 0.717) is 43.0 Å². The number of carboxylic acids is 1. The van der Waals surface area contributed by atoms with Crippen LogP contribution in [-0.2, 0) is 16.1 Å². The van der Waals surface area contributed by atoms with E-state index in [-0.39, 0.29) is 11.9 Å². The van der Waals surface area contributed by atoms with Gasteiger partial charge in [-0.25, -0.2) is 19.0 Å². The summed E-state index contributed by atoms with van der Waals surface area (Å²) in [4.78, 5) is 31.8. The number of carbonyl (C=O) groups is 2. The molecule has 0 bridgehead atoms. The fourth-order valence-electron chi connectivity index (χ4n) is 3.58. The van der Waals surface area contributed by atoms with Gasteiger partial charge in [0.2, 0.25) is 0 Å². The Morgan fingerprint density at radius 3 is 2.66 bits per heavy atom. The van der Waals surface area contributed by atoms with Crippen LogP contribution in [0.5, 0.6) is 0 Å². The maximum atomic E-state index is 14.1. The van der Waals surface area contributed by atoms with Gasteiger partial charge in [0, 0.05) is 37.5 Å². The van der Waals surface area contributed by atoms with E-state index in [2.05, 4.69) is 9.88 Å². The normalized spacial score (nSPS) is 16.9. The number of aromatic nitrogens is 1. The van der Waals surface area contributed by atoms with E-state index < -0.39 is 17.7 Å². The zero-order valence-corrected chi connectivity index (χ0v) is 18.5. The summed E-state index contributed by atoms with van der Waals surface area (Å²) >= 11 is 0. The first-order valence-electron chi connectivity index (χ1n) is 10.5. The van der Waals surface area contributed by atoms with Crippen LogP contribution in [0.15, 0.2) is 48.7 Å². The van der Waals surface area contributed by atoms with Gasteiger partial charge in [0.05, 0.1) is 6.04 Å². The molecule has 32 heavy (non-hydrogen) atoms. The molecular weight excluding hydrogens is 413 g/mol. The first-order valence-corrected chi connectivity index (χ1v) is 10.5. The number of halogens is 1.